The Balaban J connectivity index is 1.34. The first kappa shape index (κ1) is 21.5. The van der Waals surface area contributed by atoms with E-state index in [1.807, 2.05) is 61.5 Å². The Morgan fingerprint density at radius 1 is 0.938 bits per heavy atom. The van der Waals surface area contributed by atoms with E-state index in [9.17, 15) is 9.18 Å². The molecule has 0 radical (unpaired) electrons. The van der Waals surface area contributed by atoms with Crippen LogP contribution in [0.15, 0.2) is 85.1 Å². The number of ether oxygens (including phenoxy) is 1. The molecule has 3 aromatic carbocycles. The molecule has 0 aliphatic rings. The van der Waals surface area contributed by atoms with Gasteiger partial charge >= 0.3 is 0 Å². The molecule has 1 amide bonds. The van der Waals surface area contributed by atoms with Crippen LogP contribution in [0.25, 0.3) is 5.69 Å². The second kappa shape index (κ2) is 10.0. The summed E-state index contributed by atoms with van der Waals surface area (Å²) in [7, 11) is 0. The highest BCUT2D eigenvalue weighted by Gasteiger charge is 2.15. The van der Waals surface area contributed by atoms with Crippen molar-refractivity contribution < 1.29 is 13.9 Å². The van der Waals surface area contributed by atoms with E-state index in [0.29, 0.717) is 36.7 Å². The average Bonchev–Trinajstić information content (AvgIpc) is 3.20. The Morgan fingerprint density at radius 2 is 1.62 bits per heavy atom. The summed E-state index contributed by atoms with van der Waals surface area (Å²) >= 11 is 0. The number of hydrogen-bond donors (Lipinski definition) is 1. The van der Waals surface area contributed by atoms with Crippen molar-refractivity contribution in [2.24, 2.45) is 0 Å². The second-order valence-electron chi connectivity index (χ2n) is 7.51. The number of rotatable bonds is 8. The molecule has 1 N–H and O–H groups in total. The van der Waals surface area contributed by atoms with Gasteiger partial charge in [-0.25, -0.2) is 9.07 Å². The number of nitrogens with zero attached hydrogens (tertiary/aromatic N) is 2. The number of aromatic nitrogens is 2. The summed E-state index contributed by atoms with van der Waals surface area (Å²) in [6.07, 6.45) is 1.53. The van der Waals surface area contributed by atoms with Gasteiger partial charge in [0.2, 0.25) is 0 Å². The minimum absolute atomic E-state index is 0.207. The van der Waals surface area contributed by atoms with E-state index in [2.05, 4.69) is 10.4 Å². The molecule has 162 valence electrons. The van der Waals surface area contributed by atoms with Gasteiger partial charge in [-0.1, -0.05) is 54.6 Å². The molecule has 0 spiro atoms. The Labute approximate surface area is 186 Å². The van der Waals surface area contributed by atoms with Gasteiger partial charge < -0.3 is 10.1 Å². The first-order valence-electron chi connectivity index (χ1n) is 10.4. The zero-order valence-corrected chi connectivity index (χ0v) is 17.8. The molecular weight excluding hydrogens is 405 g/mol. The SMILES string of the molecule is Cc1c(C(=O)NCc2cccc(COCc3ccccc3)c2)cnn1-c1ccc(F)cc1. The Bertz CT molecular complexity index is 1190. The van der Waals surface area contributed by atoms with Gasteiger partial charge in [-0.15, -0.1) is 0 Å². The van der Waals surface area contributed by atoms with E-state index >= 15 is 0 Å². The Kier molecular flexibility index (Phi) is 6.72. The number of nitrogens with one attached hydrogen (secondary N) is 1. The van der Waals surface area contributed by atoms with Crippen molar-refractivity contribution >= 4 is 5.91 Å². The number of hydrogen-bond acceptors (Lipinski definition) is 3. The molecule has 4 aromatic rings. The van der Waals surface area contributed by atoms with Crippen molar-refractivity contribution in [1.82, 2.24) is 15.1 Å². The third-order valence-electron chi connectivity index (χ3n) is 5.15. The number of halogens is 1. The monoisotopic (exact) mass is 429 g/mol. The topological polar surface area (TPSA) is 56.1 Å². The van der Waals surface area contributed by atoms with Crippen molar-refractivity contribution in [2.75, 3.05) is 0 Å². The maximum absolute atomic E-state index is 13.2. The molecule has 1 heterocycles. The van der Waals surface area contributed by atoms with E-state index in [-0.39, 0.29) is 11.7 Å². The summed E-state index contributed by atoms with van der Waals surface area (Å²) in [5, 5.41) is 7.23. The lowest BCUT2D eigenvalue weighted by molar-refractivity contribution is 0.0950. The fraction of sp³-hybridized carbons (Fsp3) is 0.154. The van der Waals surface area contributed by atoms with Crippen molar-refractivity contribution in [3.05, 3.63) is 119 Å². The lowest BCUT2D eigenvalue weighted by Gasteiger charge is -2.09. The summed E-state index contributed by atoms with van der Waals surface area (Å²) in [6, 6.07) is 24.0. The van der Waals surface area contributed by atoms with Crippen LogP contribution in [-0.2, 0) is 24.5 Å². The van der Waals surface area contributed by atoms with E-state index in [0.717, 1.165) is 16.7 Å². The Hall–Kier alpha value is -3.77. The summed E-state index contributed by atoms with van der Waals surface area (Å²) in [6.45, 7) is 3.27. The number of benzene rings is 3. The molecule has 0 saturated carbocycles. The van der Waals surface area contributed by atoms with Crippen LogP contribution in [0.4, 0.5) is 4.39 Å². The van der Waals surface area contributed by atoms with Gasteiger partial charge in [0.15, 0.2) is 0 Å². The van der Waals surface area contributed by atoms with Crippen LogP contribution in [-0.4, -0.2) is 15.7 Å². The summed E-state index contributed by atoms with van der Waals surface area (Å²) in [5.41, 5.74) is 5.04. The third kappa shape index (κ3) is 5.28. The minimum atomic E-state index is -0.316. The van der Waals surface area contributed by atoms with Crippen LogP contribution in [0.5, 0.6) is 0 Å². The smallest absolute Gasteiger partial charge is 0.255 e. The molecule has 5 nitrogen and oxygen atoms in total. The largest absolute Gasteiger partial charge is 0.372 e. The maximum Gasteiger partial charge on any atom is 0.255 e. The lowest BCUT2D eigenvalue weighted by atomic mass is 10.1. The fourth-order valence-electron chi connectivity index (χ4n) is 3.44. The molecule has 0 fully saturated rings. The highest BCUT2D eigenvalue weighted by Crippen LogP contribution is 2.15. The average molecular weight is 429 g/mol. The minimum Gasteiger partial charge on any atom is -0.372 e. The van der Waals surface area contributed by atoms with Crippen LogP contribution in [0.3, 0.4) is 0 Å². The molecule has 0 aliphatic heterocycles. The van der Waals surface area contributed by atoms with E-state index in [4.69, 9.17) is 4.74 Å². The van der Waals surface area contributed by atoms with Gasteiger partial charge in [0.05, 0.1) is 36.4 Å². The molecule has 0 unspecified atom stereocenters. The molecule has 0 atom stereocenters. The van der Waals surface area contributed by atoms with Crippen molar-refractivity contribution in [1.29, 1.82) is 0 Å². The molecule has 0 bridgehead atoms. The van der Waals surface area contributed by atoms with Gasteiger partial charge in [0.1, 0.15) is 5.82 Å². The van der Waals surface area contributed by atoms with E-state index in [1.165, 1.54) is 18.3 Å². The van der Waals surface area contributed by atoms with Crippen LogP contribution < -0.4 is 5.32 Å². The quantitative estimate of drug-likeness (QED) is 0.430. The zero-order chi connectivity index (χ0) is 22.3. The van der Waals surface area contributed by atoms with Crippen molar-refractivity contribution in [2.45, 2.75) is 26.7 Å². The second-order valence-corrected chi connectivity index (χ2v) is 7.51. The summed E-state index contributed by atoms with van der Waals surface area (Å²) in [5.74, 6) is -0.522. The molecule has 6 heteroatoms. The van der Waals surface area contributed by atoms with Gasteiger partial charge in [-0.3, -0.25) is 4.79 Å². The standard InChI is InChI=1S/C26H24FN3O2/c1-19-25(16-29-30(19)24-12-10-23(27)11-13-24)26(31)28-15-21-8-5-9-22(14-21)18-32-17-20-6-3-2-4-7-20/h2-14,16H,15,17-18H2,1H3,(H,28,31). The fourth-order valence-corrected chi connectivity index (χ4v) is 3.44. The summed E-state index contributed by atoms with van der Waals surface area (Å²) < 4.78 is 20.6. The summed E-state index contributed by atoms with van der Waals surface area (Å²) in [4.78, 5) is 12.7. The highest BCUT2D eigenvalue weighted by molar-refractivity contribution is 5.95. The molecular formula is C26H24FN3O2. The van der Waals surface area contributed by atoms with Crippen LogP contribution in [0.1, 0.15) is 32.7 Å². The molecule has 0 saturated heterocycles. The number of amides is 1. The molecule has 32 heavy (non-hydrogen) atoms. The lowest BCUT2D eigenvalue weighted by Crippen LogP contribution is -2.23. The van der Waals surface area contributed by atoms with E-state index < -0.39 is 0 Å². The van der Waals surface area contributed by atoms with Gasteiger partial charge in [0, 0.05) is 6.54 Å². The van der Waals surface area contributed by atoms with Crippen LogP contribution in [0.2, 0.25) is 0 Å². The van der Waals surface area contributed by atoms with Crippen LogP contribution >= 0.6 is 0 Å². The predicted molar refractivity (Wildman–Crippen MR) is 121 cm³/mol. The van der Waals surface area contributed by atoms with Gasteiger partial charge in [0.25, 0.3) is 5.91 Å². The maximum atomic E-state index is 13.2. The predicted octanol–water partition coefficient (Wildman–Crippen LogP) is 4.97. The Morgan fingerprint density at radius 3 is 2.41 bits per heavy atom. The van der Waals surface area contributed by atoms with E-state index in [1.54, 1.807) is 16.8 Å². The molecule has 4 rings (SSSR count). The van der Waals surface area contributed by atoms with Gasteiger partial charge in [-0.05, 0) is 47.9 Å². The number of carbonyl (C=O) groups excluding carboxylic acids is 1. The number of carbonyl (C=O) groups is 1. The highest BCUT2D eigenvalue weighted by atomic mass is 19.1. The first-order chi connectivity index (χ1) is 15.6. The third-order valence-corrected chi connectivity index (χ3v) is 5.15. The zero-order valence-electron chi connectivity index (χ0n) is 17.8. The normalized spacial score (nSPS) is 10.8. The van der Waals surface area contributed by atoms with Crippen molar-refractivity contribution in [3.63, 3.8) is 0 Å². The molecule has 1 aromatic heterocycles. The van der Waals surface area contributed by atoms with Crippen molar-refractivity contribution in [3.8, 4) is 5.69 Å². The van der Waals surface area contributed by atoms with Crippen LogP contribution in [0, 0.1) is 12.7 Å². The van der Waals surface area contributed by atoms with Gasteiger partial charge in [-0.2, -0.15) is 5.10 Å². The molecule has 0 aliphatic carbocycles. The first-order valence-corrected chi connectivity index (χ1v) is 10.4.